The first-order chi connectivity index (χ1) is 5.89. The van der Waals surface area contributed by atoms with Crippen molar-refractivity contribution in [2.75, 3.05) is 6.54 Å². The zero-order valence-corrected chi connectivity index (χ0v) is 7.28. The minimum absolute atomic E-state index is 0.281. The summed E-state index contributed by atoms with van der Waals surface area (Å²) >= 11 is 0. The van der Waals surface area contributed by atoms with E-state index in [9.17, 15) is 13.2 Å². The third kappa shape index (κ3) is 2.34. The molecule has 1 aliphatic carbocycles. The van der Waals surface area contributed by atoms with Gasteiger partial charge in [0, 0.05) is 0 Å². The summed E-state index contributed by atoms with van der Waals surface area (Å²) in [5, 5.41) is 10.7. The van der Waals surface area contributed by atoms with E-state index in [-0.39, 0.29) is 6.54 Å². The Kier molecular flexibility index (Phi) is 2.53. The number of hydrogen-bond acceptors (Lipinski definition) is 2. The Labute approximate surface area is 74.7 Å². The van der Waals surface area contributed by atoms with Gasteiger partial charge >= 0.3 is 6.18 Å². The van der Waals surface area contributed by atoms with E-state index in [1.807, 2.05) is 0 Å². The molecular formula is C8H11F3N2. The lowest BCUT2D eigenvalue weighted by atomic mass is 10.0. The predicted octanol–water partition coefficient (Wildman–Crippen LogP) is 1.83. The molecule has 2 nitrogen and oxygen atoms in total. The maximum atomic E-state index is 12.3. The van der Waals surface area contributed by atoms with Crippen LogP contribution in [0.5, 0.6) is 0 Å². The van der Waals surface area contributed by atoms with Crippen molar-refractivity contribution in [3.63, 3.8) is 0 Å². The van der Waals surface area contributed by atoms with Gasteiger partial charge in [0.15, 0.2) is 5.54 Å². The van der Waals surface area contributed by atoms with Crippen LogP contribution in [0.4, 0.5) is 13.2 Å². The van der Waals surface area contributed by atoms with Gasteiger partial charge in [0.05, 0.1) is 6.07 Å². The molecule has 1 unspecified atom stereocenters. The van der Waals surface area contributed by atoms with E-state index in [0.29, 0.717) is 5.92 Å². The molecule has 1 N–H and O–H groups in total. The van der Waals surface area contributed by atoms with Crippen molar-refractivity contribution < 1.29 is 13.2 Å². The maximum absolute atomic E-state index is 12.3. The summed E-state index contributed by atoms with van der Waals surface area (Å²) in [7, 11) is 0. The molecule has 0 aromatic heterocycles. The van der Waals surface area contributed by atoms with Gasteiger partial charge in [-0.25, -0.2) is 0 Å². The molecule has 1 rings (SSSR count). The second-order valence-corrected chi connectivity index (χ2v) is 3.56. The first kappa shape index (κ1) is 10.3. The number of nitrogens with one attached hydrogen (secondary N) is 1. The van der Waals surface area contributed by atoms with Crippen molar-refractivity contribution >= 4 is 0 Å². The van der Waals surface area contributed by atoms with Gasteiger partial charge in [0.25, 0.3) is 0 Å². The van der Waals surface area contributed by atoms with E-state index in [0.717, 1.165) is 19.8 Å². The Morgan fingerprint density at radius 1 is 1.46 bits per heavy atom. The molecule has 74 valence electrons. The van der Waals surface area contributed by atoms with Gasteiger partial charge in [-0.1, -0.05) is 0 Å². The molecule has 0 bridgehead atoms. The highest BCUT2D eigenvalue weighted by molar-refractivity contribution is 5.09. The number of nitrogens with zero attached hydrogens (tertiary/aromatic N) is 1. The second kappa shape index (κ2) is 3.18. The van der Waals surface area contributed by atoms with Gasteiger partial charge in [0.1, 0.15) is 0 Å². The lowest BCUT2D eigenvalue weighted by Gasteiger charge is -2.25. The Morgan fingerprint density at radius 3 is 2.31 bits per heavy atom. The SMILES string of the molecule is CC(C#N)(NCC1CC1)C(F)(F)F. The van der Waals surface area contributed by atoms with Crippen molar-refractivity contribution in [1.29, 1.82) is 5.26 Å². The highest BCUT2D eigenvalue weighted by atomic mass is 19.4. The van der Waals surface area contributed by atoms with E-state index >= 15 is 0 Å². The Hall–Kier alpha value is -0.760. The highest BCUT2D eigenvalue weighted by Gasteiger charge is 2.52. The predicted molar refractivity (Wildman–Crippen MR) is 40.8 cm³/mol. The topological polar surface area (TPSA) is 35.8 Å². The molecule has 0 amide bonds. The summed E-state index contributed by atoms with van der Waals surface area (Å²) in [6.07, 6.45) is -2.57. The molecule has 0 heterocycles. The maximum Gasteiger partial charge on any atom is 0.419 e. The monoisotopic (exact) mass is 192 g/mol. The molecule has 0 spiro atoms. The second-order valence-electron chi connectivity index (χ2n) is 3.56. The average molecular weight is 192 g/mol. The molecule has 1 atom stereocenters. The summed E-state index contributed by atoms with van der Waals surface area (Å²) in [5.41, 5.74) is -2.39. The molecule has 0 aromatic carbocycles. The van der Waals surface area contributed by atoms with Crippen LogP contribution in [0, 0.1) is 17.2 Å². The molecule has 0 saturated heterocycles. The molecule has 1 aliphatic rings. The van der Waals surface area contributed by atoms with E-state index in [2.05, 4.69) is 5.32 Å². The number of hydrogen-bond donors (Lipinski definition) is 1. The molecular weight excluding hydrogens is 181 g/mol. The molecule has 0 aliphatic heterocycles. The third-order valence-corrected chi connectivity index (χ3v) is 2.23. The fourth-order valence-corrected chi connectivity index (χ4v) is 0.874. The van der Waals surface area contributed by atoms with Crippen molar-refractivity contribution in [3.8, 4) is 6.07 Å². The lowest BCUT2D eigenvalue weighted by molar-refractivity contribution is -0.174. The van der Waals surface area contributed by atoms with E-state index in [1.165, 1.54) is 6.07 Å². The summed E-state index contributed by atoms with van der Waals surface area (Å²) in [6.45, 7) is 1.15. The summed E-state index contributed by atoms with van der Waals surface area (Å²) in [5.74, 6) is 0.329. The zero-order chi connectivity index (χ0) is 10.1. The number of halogens is 3. The summed E-state index contributed by atoms with van der Waals surface area (Å²) in [6, 6.07) is 1.27. The van der Waals surface area contributed by atoms with Crippen molar-refractivity contribution in [3.05, 3.63) is 0 Å². The molecule has 5 heteroatoms. The fraction of sp³-hybridized carbons (Fsp3) is 0.875. The van der Waals surface area contributed by atoms with Gasteiger partial charge in [0.2, 0.25) is 0 Å². The number of nitriles is 1. The molecule has 0 radical (unpaired) electrons. The van der Waals surface area contributed by atoms with Crippen LogP contribution in [0.1, 0.15) is 19.8 Å². The highest BCUT2D eigenvalue weighted by Crippen LogP contribution is 2.32. The largest absolute Gasteiger partial charge is 0.419 e. The van der Waals surface area contributed by atoms with Crippen LogP contribution in [0.2, 0.25) is 0 Å². The smallest absolute Gasteiger partial charge is 0.292 e. The van der Waals surface area contributed by atoms with Crippen molar-refractivity contribution in [1.82, 2.24) is 5.32 Å². The summed E-state index contributed by atoms with van der Waals surface area (Å²) < 4.78 is 36.9. The Morgan fingerprint density at radius 2 is 2.00 bits per heavy atom. The minimum atomic E-state index is -4.50. The third-order valence-electron chi connectivity index (χ3n) is 2.23. The first-order valence-corrected chi connectivity index (χ1v) is 4.12. The van der Waals surface area contributed by atoms with Crippen LogP contribution in [-0.4, -0.2) is 18.3 Å². The number of alkyl halides is 3. The van der Waals surface area contributed by atoms with E-state index in [4.69, 9.17) is 5.26 Å². The van der Waals surface area contributed by atoms with Crippen LogP contribution in [-0.2, 0) is 0 Å². The molecule has 1 fully saturated rings. The summed E-state index contributed by atoms with van der Waals surface area (Å²) in [4.78, 5) is 0. The van der Waals surface area contributed by atoms with Crippen molar-refractivity contribution in [2.45, 2.75) is 31.5 Å². The van der Waals surface area contributed by atoms with Gasteiger partial charge in [-0.15, -0.1) is 0 Å². The number of rotatable bonds is 3. The van der Waals surface area contributed by atoms with Gasteiger partial charge in [-0.3, -0.25) is 5.32 Å². The van der Waals surface area contributed by atoms with Crippen LogP contribution in [0.15, 0.2) is 0 Å². The van der Waals surface area contributed by atoms with Crippen LogP contribution in [0.3, 0.4) is 0 Å². The molecule has 1 saturated carbocycles. The molecule has 0 aromatic rings. The first-order valence-electron chi connectivity index (χ1n) is 4.12. The van der Waals surface area contributed by atoms with Gasteiger partial charge in [-0.2, -0.15) is 18.4 Å². The minimum Gasteiger partial charge on any atom is -0.292 e. The standard InChI is InChI=1S/C8H11F3N2/c1-7(5-12,8(9,10)11)13-4-6-2-3-6/h6,13H,2-4H2,1H3. The Balaban J connectivity index is 2.53. The van der Waals surface area contributed by atoms with Crippen LogP contribution in [0.25, 0.3) is 0 Å². The normalized spacial score (nSPS) is 22.1. The van der Waals surface area contributed by atoms with Gasteiger partial charge < -0.3 is 0 Å². The van der Waals surface area contributed by atoms with E-state index in [1.54, 1.807) is 0 Å². The Bertz CT molecular complexity index is 227. The average Bonchev–Trinajstić information content (AvgIpc) is 2.81. The van der Waals surface area contributed by atoms with E-state index < -0.39 is 11.7 Å². The van der Waals surface area contributed by atoms with Crippen molar-refractivity contribution in [2.24, 2.45) is 5.92 Å². The van der Waals surface area contributed by atoms with Crippen LogP contribution < -0.4 is 5.32 Å². The quantitative estimate of drug-likeness (QED) is 0.740. The van der Waals surface area contributed by atoms with Gasteiger partial charge in [-0.05, 0) is 32.2 Å². The fourth-order valence-electron chi connectivity index (χ4n) is 0.874. The lowest BCUT2D eigenvalue weighted by Crippen LogP contribution is -2.53. The zero-order valence-electron chi connectivity index (χ0n) is 7.28. The van der Waals surface area contributed by atoms with Crippen LogP contribution >= 0.6 is 0 Å². The molecule has 13 heavy (non-hydrogen) atoms.